The Balaban J connectivity index is 1.84. The van der Waals surface area contributed by atoms with E-state index in [1.54, 1.807) is 19.1 Å². The van der Waals surface area contributed by atoms with E-state index in [1.807, 2.05) is 0 Å². The number of halogens is 4. The Morgan fingerprint density at radius 1 is 1.21 bits per heavy atom. The smallest absolute Gasteiger partial charge is 0.491 e. The molecular formula is C22H17F4N3O4. The highest BCUT2D eigenvalue weighted by Gasteiger charge is 2.43. The van der Waals surface area contributed by atoms with Gasteiger partial charge in [0.25, 0.3) is 5.91 Å². The van der Waals surface area contributed by atoms with Crippen molar-refractivity contribution in [3.05, 3.63) is 87.3 Å². The molecule has 3 aromatic rings. The molecule has 0 spiro atoms. The lowest BCUT2D eigenvalue weighted by Gasteiger charge is -2.39. The number of aryl methyl sites for hydroxylation is 1. The fraction of sp³-hybridized carbons (Fsp3) is 0.227. The zero-order valence-electron chi connectivity index (χ0n) is 17.1. The molecule has 7 nitrogen and oxygen atoms in total. The second kappa shape index (κ2) is 8.23. The minimum Gasteiger partial charge on any atom is -0.491 e. The Kier molecular flexibility index (Phi) is 5.56. The van der Waals surface area contributed by atoms with E-state index in [9.17, 15) is 27.2 Å². The summed E-state index contributed by atoms with van der Waals surface area (Å²) in [5, 5.41) is 2.83. The van der Waals surface area contributed by atoms with Crippen molar-refractivity contribution >= 4 is 5.91 Å². The average molecular weight is 463 g/mol. The first-order valence-electron chi connectivity index (χ1n) is 9.75. The number of carbonyl (C=O) groups is 1. The van der Waals surface area contributed by atoms with Gasteiger partial charge in [-0.2, -0.15) is 0 Å². The van der Waals surface area contributed by atoms with Crippen LogP contribution in [0, 0.1) is 12.7 Å². The van der Waals surface area contributed by atoms with Crippen molar-refractivity contribution in [3.8, 4) is 11.5 Å². The Morgan fingerprint density at radius 3 is 2.67 bits per heavy atom. The highest BCUT2D eigenvalue weighted by Crippen LogP contribution is 2.42. The van der Waals surface area contributed by atoms with E-state index in [0.717, 1.165) is 12.1 Å². The van der Waals surface area contributed by atoms with Gasteiger partial charge in [-0.25, -0.2) is 4.39 Å². The minimum atomic E-state index is -5.07. The van der Waals surface area contributed by atoms with E-state index in [-0.39, 0.29) is 29.8 Å². The van der Waals surface area contributed by atoms with Crippen LogP contribution < -0.4 is 20.3 Å². The van der Waals surface area contributed by atoms with Gasteiger partial charge in [0.1, 0.15) is 17.0 Å². The predicted octanol–water partition coefficient (Wildman–Crippen LogP) is 3.57. The molecule has 1 atom stereocenters. The van der Waals surface area contributed by atoms with Crippen molar-refractivity contribution in [2.24, 2.45) is 0 Å². The molecular weight excluding hydrogens is 446 g/mol. The second-order valence-electron chi connectivity index (χ2n) is 7.39. The van der Waals surface area contributed by atoms with Gasteiger partial charge in [-0.3, -0.25) is 14.6 Å². The van der Waals surface area contributed by atoms with Gasteiger partial charge in [0, 0.05) is 24.4 Å². The predicted molar refractivity (Wildman–Crippen MR) is 107 cm³/mol. The van der Waals surface area contributed by atoms with Crippen LogP contribution in [0.2, 0.25) is 0 Å². The average Bonchev–Trinajstić information content (AvgIpc) is 2.75. The monoisotopic (exact) mass is 463 g/mol. The van der Waals surface area contributed by atoms with E-state index < -0.39 is 34.9 Å². The molecule has 1 amide bonds. The van der Waals surface area contributed by atoms with Crippen molar-refractivity contribution in [3.63, 3.8) is 0 Å². The zero-order chi connectivity index (χ0) is 23.8. The summed E-state index contributed by atoms with van der Waals surface area (Å²) in [5.74, 6) is -2.54. The molecule has 1 aromatic carbocycles. The maximum Gasteiger partial charge on any atom is 0.573 e. The largest absolute Gasteiger partial charge is 0.573 e. The summed E-state index contributed by atoms with van der Waals surface area (Å²) >= 11 is 0. The molecule has 2 aromatic heterocycles. The number of pyridine rings is 2. The van der Waals surface area contributed by atoms with Crippen LogP contribution >= 0.6 is 0 Å². The molecule has 1 unspecified atom stereocenters. The summed E-state index contributed by atoms with van der Waals surface area (Å²) in [6, 6.07) is 8.77. The molecule has 0 saturated carbocycles. The third-order valence-electron chi connectivity index (χ3n) is 5.16. The van der Waals surface area contributed by atoms with Gasteiger partial charge in [-0.05, 0) is 42.8 Å². The topological polar surface area (TPSA) is 93.3 Å². The first-order valence-corrected chi connectivity index (χ1v) is 9.75. The van der Waals surface area contributed by atoms with Gasteiger partial charge in [0.15, 0.2) is 11.6 Å². The number of hydrogen-bond acceptors (Lipinski definition) is 5. The van der Waals surface area contributed by atoms with Crippen LogP contribution in [-0.2, 0) is 5.54 Å². The fourth-order valence-electron chi connectivity index (χ4n) is 3.67. The molecule has 1 aliphatic rings. The molecule has 2 N–H and O–H groups in total. The Hall–Kier alpha value is -3.89. The molecule has 3 heterocycles. The van der Waals surface area contributed by atoms with Crippen LogP contribution in [0.15, 0.2) is 53.5 Å². The number of amides is 1. The Labute approximate surface area is 184 Å². The van der Waals surface area contributed by atoms with E-state index >= 15 is 0 Å². The summed E-state index contributed by atoms with van der Waals surface area (Å²) in [7, 11) is 0. The molecule has 11 heteroatoms. The lowest BCUT2D eigenvalue weighted by atomic mass is 9.81. The number of hydrogen-bond donors (Lipinski definition) is 2. The van der Waals surface area contributed by atoms with Crippen LogP contribution in [0.5, 0.6) is 11.5 Å². The quantitative estimate of drug-likeness (QED) is 0.577. The Bertz CT molecular complexity index is 1250. The summed E-state index contributed by atoms with van der Waals surface area (Å²) < 4.78 is 61.8. The van der Waals surface area contributed by atoms with Gasteiger partial charge in [-0.1, -0.05) is 6.07 Å². The summed E-state index contributed by atoms with van der Waals surface area (Å²) in [6.07, 6.45) is -3.73. The first kappa shape index (κ1) is 22.3. The number of ether oxygens (including phenoxy) is 2. The molecule has 4 rings (SSSR count). The van der Waals surface area contributed by atoms with Crippen molar-refractivity contribution in [2.45, 2.75) is 25.2 Å². The number of H-pyrrole nitrogens is 1. The van der Waals surface area contributed by atoms with Crippen LogP contribution in [0.1, 0.15) is 33.7 Å². The number of nitrogens with zero attached hydrogens (tertiary/aromatic N) is 1. The van der Waals surface area contributed by atoms with Crippen molar-refractivity contribution < 1.29 is 31.8 Å². The van der Waals surface area contributed by atoms with E-state index in [1.165, 1.54) is 24.4 Å². The third kappa shape index (κ3) is 4.52. The van der Waals surface area contributed by atoms with Crippen LogP contribution in [0.3, 0.4) is 0 Å². The number of fused-ring (bicyclic) bond motifs is 1. The minimum absolute atomic E-state index is 0.116. The molecule has 0 fully saturated rings. The number of nitrogens with one attached hydrogen (secondary N) is 2. The highest BCUT2D eigenvalue weighted by molar-refractivity contribution is 5.94. The number of rotatable bonds is 4. The molecule has 0 saturated heterocycles. The van der Waals surface area contributed by atoms with Crippen LogP contribution in [0.25, 0.3) is 0 Å². The van der Waals surface area contributed by atoms with Crippen molar-refractivity contribution in [2.75, 3.05) is 6.61 Å². The van der Waals surface area contributed by atoms with Gasteiger partial charge in [0.2, 0.25) is 5.56 Å². The second-order valence-corrected chi connectivity index (χ2v) is 7.39. The Morgan fingerprint density at radius 2 is 2.00 bits per heavy atom. The zero-order valence-corrected chi connectivity index (χ0v) is 17.1. The SMILES string of the molecule is Cc1ccc2c(n1)C(NC(=O)c1ccc(=O)[nH]c1)(c1ccc(OC(F)(F)F)c(F)c1)CCO2. The lowest BCUT2D eigenvalue weighted by Crippen LogP contribution is -2.50. The van der Waals surface area contributed by atoms with Gasteiger partial charge < -0.3 is 19.8 Å². The summed E-state index contributed by atoms with van der Waals surface area (Å²) in [5.41, 5.74) is -0.709. The molecule has 0 aliphatic carbocycles. The van der Waals surface area contributed by atoms with E-state index in [2.05, 4.69) is 20.0 Å². The molecule has 1 aliphatic heterocycles. The number of carbonyl (C=O) groups excluding carboxylic acids is 1. The number of aromatic nitrogens is 2. The van der Waals surface area contributed by atoms with Crippen molar-refractivity contribution in [1.82, 2.24) is 15.3 Å². The van der Waals surface area contributed by atoms with E-state index in [0.29, 0.717) is 11.4 Å². The normalized spacial score (nSPS) is 17.6. The molecule has 33 heavy (non-hydrogen) atoms. The fourth-order valence-corrected chi connectivity index (χ4v) is 3.67. The maximum absolute atomic E-state index is 14.6. The molecule has 172 valence electrons. The third-order valence-corrected chi connectivity index (χ3v) is 5.16. The lowest BCUT2D eigenvalue weighted by molar-refractivity contribution is -0.275. The molecule has 0 bridgehead atoms. The number of alkyl halides is 3. The van der Waals surface area contributed by atoms with Gasteiger partial charge in [0.05, 0.1) is 12.2 Å². The first-order chi connectivity index (χ1) is 15.6. The number of benzene rings is 1. The van der Waals surface area contributed by atoms with Crippen LogP contribution in [0.4, 0.5) is 17.6 Å². The standard InChI is InChI=1S/C22H17F4N3O4/c1-12-2-5-17-19(28-12)21(8-9-32-17,29-20(31)13-3-7-18(30)27-11-13)14-4-6-16(15(23)10-14)33-22(24,25)26/h2-7,10-11H,8-9H2,1H3,(H,27,30)(H,29,31). The van der Waals surface area contributed by atoms with Gasteiger partial charge >= 0.3 is 6.36 Å². The van der Waals surface area contributed by atoms with Crippen LogP contribution in [-0.4, -0.2) is 28.8 Å². The summed E-state index contributed by atoms with van der Waals surface area (Å²) in [4.78, 5) is 31.3. The molecule has 0 radical (unpaired) electrons. The summed E-state index contributed by atoms with van der Waals surface area (Å²) in [6.45, 7) is 1.83. The highest BCUT2D eigenvalue weighted by atomic mass is 19.4. The maximum atomic E-state index is 14.6. The van der Waals surface area contributed by atoms with Gasteiger partial charge in [-0.15, -0.1) is 13.2 Å². The van der Waals surface area contributed by atoms with E-state index in [4.69, 9.17) is 4.74 Å². The number of aromatic amines is 1. The van der Waals surface area contributed by atoms with Crippen molar-refractivity contribution in [1.29, 1.82) is 0 Å².